The number of ether oxygens (including phenoxy) is 1. The summed E-state index contributed by atoms with van der Waals surface area (Å²) in [6.07, 6.45) is 5.07. The third kappa shape index (κ3) is 3.25. The zero-order chi connectivity index (χ0) is 17.9. The Labute approximate surface area is 149 Å². The van der Waals surface area contributed by atoms with Crippen molar-refractivity contribution in [3.63, 3.8) is 0 Å². The number of carbonyl (C=O) groups excluding carboxylic acids is 1. The maximum absolute atomic E-state index is 12.5. The second-order valence-corrected chi connectivity index (χ2v) is 5.85. The number of hydrogen-bond donors (Lipinski definition) is 2. The highest BCUT2D eigenvalue weighted by atomic mass is 16.5. The van der Waals surface area contributed by atoms with Gasteiger partial charge in [-0.05, 0) is 48.2 Å². The molecule has 1 amide bonds. The Kier molecular flexibility index (Phi) is 4.07. The number of benzene rings is 2. The van der Waals surface area contributed by atoms with E-state index in [2.05, 4.69) is 20.3 Å². The van der Waals surface area contributed by atoms with Crippen molar-refractivity contribution in [3.05, 3.63) is 78.2 Å². The van der Waals surface area contributed by atoms with Crippen molar-refractivity contribution in [1.29, 1.82) is 0 Å². The summed E-state index contributed by atoms with van der Waals surface area (Å²) in [6.45, 7) is 1.92. The van der Waals surface area contributed by atoms with Crippen LogP contribution in [0.5, 0.6) is 11.8 Å². The predicted molar refractivity (Wildman–Crippen MR) is 99.5 cm³/mol. The molecule has 0 bridgehead atoms. The molecule has 2 N–H and O–H groups in total. The molecule has 4 rings (SSSR count). The number of aromatic nitrogens is 3. The summed E-state index contributed by atoms with van der Waals surface area (Å²) in [4.78, 5) is 23.8. The summed E-state index contributed by atoms with van der Waals surface area (Å²) in [6, 6.07) is 15.0. The lowest BCUT2D eigenvalue weighted by molar-refractivity contribution is 0.102. The Morgan fingerprint density at radius 3 is 2.77 bits per heavy atom. The Bertz CT molecular complexity index is 1070. The fourth-order valence-electron chi connectivity index (χ4n) is 2.62. The Balaban J connectivity index is 1.55. The van der Waals surface area contributed by atoms with Crippen molar-refractivity contribution >= 4 is 22.5 Å². The molecule has 0 aliphatic heterocycles. The van der Waals surface area contributed by atoms with Crippen molar-refractivity contribution in [1.82, 2.24) is 15.0 Å². The van der Waals surface area contributed by atoms with Gasteiger partial charge in [-0.3, -0.25) is 4.79 Å². The highest BCUT2D eigenvalue weighted by molar-refractivity contribution is 6.06. The molecule has 0 spiro atoms. The van der Waals surface area contributed by atoms with E-state index in [1.165, 1.54) is 0 Å². The van der Waals surface area contributed by atoms with Crippen molar-refractivity contribution in [3.8, 4) is 11.8 Å². The van der Waals surface area contributed by atoms with Gasteiger partial charge in [-0.25, -0.2) is 9.97 Å². The number of nitrogens with one attached hydrogen (secondary N) is 2. The summed E-state index contributed by atoms with van der Waals surface area (Å²) in [5.74, 6) is 0.404. The van der Waals surface area contributed by atoms with E-state index in [0.717, 1.165) is 16.5 Å². The number of amides is 1. The summed E-state index contributed by atoms with van der Waals surface area (Å²) in [7, 11) is 0. The third-order valence-electron chi connectivity index (χ3n) is 4.01. The zero-order valence-electron chi connectivity index (χ0n) is 14.1. The summed E-state index contributed by atoms with van der Waals surface area (Å²) < 4.78 is 5.71. The van der Waals surface area contributed by atoms with Crippen LogP contribution in [0.25, 0.3) is 10.9 Å². The second kappa shape index (κ2) is 6.68. The molecule has 128 valence electrons. The van der Waals surface area contributed by atoms with E-state index in [1.54, 1.807) is 30.6 Å². The average molecular weight is 344 g/mol. The van der Waals surface area contributed by atoms with Crippen LogP contribution in [-0.4, -0.2) is 20.9 Å². The van der Waals surface area contributed by atoms with Gasteiger partial charge in [-0.15, -0.1) is 0 Å². The van der Waals surface area contributed by atoms with Crippen LogP contribution in [0.4, 0.5) is 5.69 Å². The molecule has 0 saturated heterocycles. The number of aryl methyl sites for hydroxylation is 1. The normalized spacial score (nSPS) is 10.7. The molecule has 0 atom stereocenters. The van der Waals surface area contributed by atoms with Crippen molar-refractivity contribution in [2.75, 3.05) is 5.32 Å². The van der Waals surface area contributed by atoms with Crippen LogP contribution >= 0.6 is 0 Å². The van der Waals surface area contributed by atoms with Gasteiger partial charge in [0.05, 0.1) is 0 Å². The Hall–Kier alpha value is -3.67. The fourth-order valence-corrected chi connectivity index (χ4v) is 2.62. The molecule has 0 aliphatic carbocycles. The zero-order valence-corrected chi connectivity index (χ0v) is 14.1. The third-order valence-corrected chi connectivity index (χ3v) is 4.01. The van der Waals surface area contributed by atoms with Gasteiger partial charge in [0.15, 0.2) is 0 Å². The number of H-pyrrole nitrogens is 1. The minimum absolute atomic E-state index is 0.188. The predicted octanol–water partition coefficient (Wildman–Crippen LogP) is 4.31. The second-order valence-electron chi connectivity index (χ2n) is 5.85. The first-order valence-corrected chi connectivity index (χ1v) is 8.13. The molecule has 6 nitrogen and oxygen atoms in total. The Morgan fingerprint density at radius 1 is 1.08 bits per heavy atom. The summed E-state index contributed by atoms with van der Waals surface area (Å²) >= 11 is 0. The van der Waals surface area contributed by atoms with Gasteiger partial charge in [0.2, 0.25) is 0 Å². The molecule has 26 heavy (non-hydrogen) atoms. The van der Waals surface area contributed by atoms with E-state index >= 15 is 0 Å². The van der Waals surface area contributed by atoms with E-state index in [-0.39, 0.29) is 11.9 Å². The van der Waals surface area contributed by atoms with Crippen molar-refractivity contribution in [2.24, 2.45) is 0 Å². The molecular formula is C20H16N4O2. The molecule has 2 aromatic heterocycles. The minimum Gasteiger partial charge on any atom is -0.424 e. The van der Waals surface area contributed by atoms with Gasteiger partial charge in [-0.2, -0.15) is 0 Å². The summed E-state index contributed by atoms with van der Waals surface area (Å²) in [5.41, 5.74) is 3.06. The van der Waals surface area contributed by atoms with Crippen LogP contribution in [0, 0.1) is 6.92 Å². The topological polar surface area (TPSA) is 79.9 Å². The van der Waals surface area contributed by atoms with E-state index in [0.29, 0.717) is 17.0 Å². The molecular weight excluding hydrogens is 328 g/mol. The molecule has 4 aromatic rings. The first-order valence-electron chi connectivity index (χ1n) is 8.13. The average Bonchev–Trinajstić information content (AvgIpc) is 3.13. The van der Waals surface area contributed by atoms with E-state index in [1.807, 2.05) is 43.5 Å². The van der Waals surface area contributed by atoms with Crippen LogP contribution in [0.3, 0.4) is 0 Å². The Morgan fingerprint density at radius 2 is 1.92 bits per heavy atom. The fraction of sp³-hybridized carbons (Fsp3) is 0.0500. The molecule has 6 heteroatoms. The first kappa shape index (κ1) is 15.8. The molecule has 0 saturated carbocycles. The molecule has 0 radical (unpaired) electrons. The number of anilines is 1. The van der Waals surface area contributed by atoms with Gasteiger partial charge < -0.3 is 15.0 Å². The lowest BCUT2D eigenvalue weighted by Crippen LogP contribution is -2.11. The lowest BCUT2D eigenvalue weighted by Gasteiger charge is -2.10. The molecule has 0 fully saturated rings. The van der Waals surface area contributed by atoms with E-state index in [4.69, 9.17) is 4.74 Å². The van der Waals surface area contributed by atoms with Crippen LogP contribution in [0.2, 0.25) is 0 Å². The first-order chi connectivity index (χ1) is 12.7. The van der Waals surface area contributed by atoms with Gasteiger partial charge in [0.25, 0.3) is 5.91 Å². The summed E-state index contributed by atoms with van der Waals surface area (Å²) in [5, 5.41) is 3.96. The monoisotopic (exact) mass is 344 g/mol. The van der Waals surface area contributed by atoms with Gasteiger partial charge in [0, 0.05) is 41.4 Å². The van der Waals surface area contributed by atoms with Gasteiger partial charge in [-0.1, -0.05) is 12.1 Å². The number of fused-ring (bicyclic) bond motifs is 1. The number of rotatable bonds is 4. The quantitative estimate of drug-likeness (QED) is 0.578. The number of carbonyl (C=O) groups is 1. The van der Waals surface area contributed by atoms with E-state index < -0.39 is 0 Å². The van der Waals surface area contributed by atoms with Crippen molar-refractivity contribution in [2.45, 2.75) is 6.92 Å². The van der Waals surface area contributed by atoms with Gasteiger partial charge in [0.1, 0.15) is 5.75 Å². The lowest BCUT2D eigenvalue weighted by atomic mass is 10.1. The SMILES string of the molecule is Cc1ccc(NC(=O)c2ccc3cc[nH]c3c2)cc1Oc1ncccn1. The minimum atomic E-state index is -0.188. The standard InChI is InChI=1S/C20H16N4O2/c1-13-3-6-16(12-18(13)26-20-22-8-2-9-23-20)24-19(25)15-5-4-14-7-10-21-17(14)11-15/h2-12,21H,1H3,(H,24,25). The smallest absolute Gasteiger partial charge is 0.321 e. The van der Waals surface area contributed by atoms with Crippen molar-refractivity contribution < 1.29 is 9.53 Å². The molecule has 0 aliphatic rings. The number of hydrogen-bond acceptors (Lipinski definition) is 4. The maximum Gasteiger partial charge on any atom is 0.321 e. The van der Waals surface area contributed by atoms with Crippen LogP contribution in [0.15, 0.2) is 67.1 Å². The molecule has 2 aromatic carbocycles. The highest BCUT2D eigenvalue weighted by Gasteiger charge is 2.10. The largest absolute Gasteiger partial charge is 0.424 e. The maximum atomic E-state index is 12.5. The van der Waals surface area contributed by atoms with Crippen LogP contribution in [0.1, 0.15) is 15.9 Å². The molecule has 2 heterocycles. The van der Waals surface area contributed by atoms with Crippen LogP contribution in [-0.2, 0) is 0 Å². The number of nitrogens with zero attached hydrogens (tertiary/aromatic N) is 2. The van der Waals surface area contributed by atoms with E-state index in [9.17, 15) is 4.79 Å². The molecule has 0 unspecified atom stereocenters. The van der Waals surface area contributed by atoms with Crippen LogP contribution < -0.4 is 10.1 Å². The number of aromatic amines is 1. The highest BCUT2D eigenvalue weighted by Crippen LogP contribution is 2.26. The van der Waals surface area contributed by atoms with Gasteiger partial charge >= 0.3 is 6.01 Å².